The third-order valence-corrected chi connectivity index (χ3v) is 4.41. The standard InChI is InChI=1S/C18H13F3N2O4S/c19-18(20,21)14-3-1-2-13-15(8-9-22-17(13)14)27-10-16(24)23-11-4-6-12(7-5-11)28(25)26/h1-9H,10H2,(H,23,24)(H,25,26). The van der Waals surface area contributed by atoms with E-state index in [9.17, 15) is 22.2 Å². The Kier molecular flexibility index (Phi) is 5.61. The molecule has 0 bridgehead atoms. The third kappa shape index (κ3) is 4.46. The summed E-state index contributed by atoms with van der Waals surface area (Å²) in [6, 6.07) is 10.6. The van der Waals surface area contributed by atoms with Crippen LogP contribution >= 0.6 is 0 Å². The summed E-state index contributed by atoms with van der Waals surface area (Å²) in [6.07, 6.45) is -3.38. The fourth-order valence-electron chi connectivity index (χ4n) is 2.50. The van der Waals surface area contributed by atoms with Crippen LogP contribution < -0.4 is 10.1 Å². The molecule has 1 unspecified atom stereocenters. The van der Waals surface area contributed by atoms with E-state index in [0.717, 1.165) is 6.07 Å². The van der Waals surface area contributed by atoms with Crippen LogP contribution in [0.2, 0.25) is 0 Å². The number of nitrogens with one attached hydrogen (secondary N) is 1. The van der Waals surface area contributed by atoms with Gasteiger partial charge in [-0.15, -0.1) is 0 Å². The molecular weight excluding hydrogens is 397 g/mol. The van der Waals surface area contributed by atoms with E-state index in [0.29, 0.717) is 5.69 Å². The van der Waals surface area contributed by atoms with E-state index in [-0.39, 0.29) is 21.5 Å². The average Bonchev–Trinajstić information content (AvgIpc) is 2.65. The molecule has 0 spiro atoms. The zero-order valence-electron chi connectivity index (χ0n) is 14.1. The highest BCUT2D eigenvalue weighted by molar-refractivity contribution is 7.79. The van der Waals surface area contributed by atoms with Crippen LogP contribution in [0.3, 0.4) is 0 Å². The minimum absolute atomic E-state index is 0.0947. The molecule has 0 radical (unpaired) electrons. The molecule has 1 heterocycles. The average molecular weight is 410 g/mol. The Bertz CT molecular complexity index is 1040. The van der Waals surface area contributed by atoms with Crippen LogP contribution in [0.4, 0.5) is 18.9 Å². The minimum Gasteiger partial charge on any atom is -0.483 e. The molecule has 10 heteroatoms. The van der Waals surface area contributed by atoms with Crippen molar-refractivity contribution in [2.24, 2.45) is 0 Å². The largest absolute Gasteiger partial charge is 0.483 e. The Balaban J connectivity index is 1.73. The van der Waals surface area contributed by atoms with Crippen LogP contribution in [0.15, 0.2) is 59.6 Å². The third-order valence-electron chi connectivity index (χ3n) is 3.73. The lowest BCUT2D eigenvalue weighted by molar-refractivity contribution is -0.136. The van der Waals surface area contributed by atoms with Crippen LogP contribution in [-0.4, -0.2) is 26.3 Å². The second kappa shape index (κ2) is 7.95. The second-order valence-electron chi connectivity index (χ2n) is 5.62. The number of pyridine rings is 1. The van der Waals surface area contributed by atoms with Gasteiger partial charge in [0.25, 0.3) is 5.91 Å². The molecule has 1 amide bonds. The zero-order chi connectivity index (χ0) is 20.3. The number of amides is 1. The van der Waals surface area contributed by atoms with Gasteiger partial charge < -0.3 is 14.6 Å². The number of carbonyl (C=O) groups is 1. The second-order valence-corrected chi connectivity index (χ2v) is 6.59. The van der Waals surface area contributed by atoms with Gasteiger partial charge in [0.1, 0.15) is 5.75 Å². The molecule has 146 valence electrons. The van der Waals surface area contributed by atoms with Crippen LogP contribution in [0, 0.1) is 0 Å². The number of carbonyl (C=O) groups excluding carboxylic acids is 1. The normalized spacial score (nSPS) is 12.6. The van der Waals surface area contributed by atoms with Crippen LogP contribution in [0.5, 0.6) is 5.75 Å². The fourth-order valence-corrected chi connectivity index (χ4v) is 2.87. The van der Waals surface area contributed by atoms with Crippen LogP contribution in [0.25, 0.3) is 10.9 Å². The summed E-state index contributed by atoms with van der Waals surface area (Å²) in [5.74, 6) is -0.452. The number of ether oxygens (including phenoxy) is 1. The number of alkyl halides is 3. The van der Waals surface area contributed by atoms with Gasteiger partial charge in [0, 0.05) is 17.3 Å². The van der Waals surface area contributed by atoms with Crippen molar-refractivity contribution in [2.45, 2.75) is 11.1 Å². The molecule has 3 aromatic rings. The minimum atomic E-state index is -4.56. The fraction of sp³-hybridized carbons (Fsp3) is 0.111. The lowest BCUT2D eigenvalue weighted by Gasteiger charge is -2.13. The molecule has 28 heavy (non-hydrogen) atoms. The van der Waals surface area contributed by atoms with Crippen LogP contribution in [0.1, 0.15) is 5.56 Å². The number of para-hydroxylation sites is 1. The number of benzene rings is 2. The van der Waals surface area contributed by atoms with Gasteiger partial charge in [0.05, 0.1) is 16.0 Å². The zero-order valence-corrected chi connectivity index (χ0v) is 14.9. The summed E-state index contributed by atoms with van der Waals surface area (Å²) >= 11 is -2.12. The van der Waals surface area contributed by atoms with Gasteiger partial charge >= 0.3 is 6.18 Å². The van der Waals surface area contributed by atoms with Crippen molar-refractivity contribution < 1.29 is 31.5 Å². The van der Waals surface area contributed by atoms with E-state index in [1.807, 2.05) is 0 Å². The molecular formula is C18H13F3N2O4S. The quantitative estimate of drug-likeness (QED) is 0.624. The van der Waals surface area contributed by atoms with Gasteiger partial charge in [0.15, 0.2) is 17.7 Å². The van der Waals surface area contributed by atoms with Crippen molar-refractivity contribution in [3.05, 3.63) is 60.3 Å². The molecule has 0 aliphatic heterocycles. The first-order chi connectivity index (χ1) is 13.3. The maximum absolute atomic E-state index is 13.1. The molecule has 2 N–H and O–H groups in total. The summed E-state index contributed by atoms with van der Waals surface area (Å²) in [7, 11) is 0. The molecule has 3 rings (SSSR count). The lowest BCUT2D eigenvalue weighted by atomic mass is 10.1. The molecule has 0 saturated heterocycles. The molecule has 0 fully saturated rings. The number of nitrogens with zero attached hydrogens (tertiary/aromatic N) is 1. The van der Waals surface area contributed by atoms with Crippen molar-refractivity contribution in [3.8, 4) is 5.75 Å². The summed E-state index contributed by atoms with van der Waals surface area (Å²) in [5, 5.41) is 2.66. The first kappa shape index (κ1) is 19.8. The number of aromatic nitrogens is 1. The van der Waals surface area contributed by atoms with Gasteiger partial charge in [-0.1, -0.05) is 6.07 Å². The number of halogens is 3. The molecule has 0 aliphatic carbocycles. The van der Waals surface area contributed by atoms with Crippen molar-refractivity contribution in [2.75, 3.05) is 11.9 Å². The Morgan fingerprint density at radius 1 is 1.14 bits per heavy atom. The summed E-state index contributed by atoms with van der Waals surface area (Å²) in [4.78, 5) is 16.0. The number of hydrogen-bond acceptors (Lipinski definition) is 4. The smallest absolute Gasteiger partial charge is 0.418 e. The Hall–Kier alpha value is -2.98. The molecule has 1 atom stereocenters. The van der Waals surface area contributed by atoms with Crippen LogP contribution in [-0.2, 0) is 22.1 Å². The summed E-state index contributed by atoms with van der Waals surface area (Å²) in [6.45, 7) is -0.441. The molecule has 0 aliphatic rings. The molecule has 1 aromatic heterocycles. The van der Waals surface area contributed by atoms with Gasteiger partial charge in [-0.3, -0.25) is 9.78 Å². The first-order valence-corrected chi connectivity index (χ1v) is 8.95. The van der Waals surface area contributed by atoms with E-state index in [2.05, 4.69) is 10.3 Å². The maximum atomic E-state index is 13.1. The number of anilines is 1. The van der Waals surface area contributed by atoms with Crippen molar-refractivity contribution >= 4 is 33.6 Å². The Morgan fingerprint density at radius 3 is 2.50 bits per heavy atom. The van der Waals surface area contributed by atoms with Crippen molar-refractivity contribution in [1.29, 1.82) is 0 Å². The predicted molar refractivity (Wildman–Crippen MR) is 96.3 cm³/mol. The SMILES string of the molecule is O=C(COc1ccnc2c(C(F)(F)F)cccc12)Nc1ccc(S(=O)O)cc1. The van der Waals surface area contributed by atoms with Crippen molar-refractivity contribution in [1.82, 2.24) is 4.98 Å². The topological polar surface area (TPSA) is 88.5 Å². The van der Waals surface area contributed by atoms with Gasteiger partial charge in [-0.25, -0.2) is 4.21 Å². The highest BCUT2D eigenvalue weighted by atomic mass is 32.2. The predicted octanol–water partition coefficient (Wildman–Crippen LogP) is 3.85. The van der Waals surface area contributed by atoms with Gasteiger partial charge in [-0.05, 0) is 42.5 Å². The van der Waals surface area contributed by atoms with Gasteiger partial charge in [0.2, 0.25) is 0 Å². The summed E-state index contributed by atoms with van der Waals surface area (Å²) < 4.78 is 64.6. The van der Waals surface area contributed by atoms with E-state index >= 15 is 0 Å². The van der Waals surface area contributed by atoms with Crippen molar-refractivity contribution in [3.63, 3.8) is 0 Å². The van der Waals surface area contributed by atoms with E-state index < -0.39 is 35.3 Å². The Morgan fingerprint density at radius 2 is 1.86 bits per heavy atom. The van der Waals surface area contributed by atoms with Gasteiger partial charge in [-0.2, -0.15) is 13.2 Å². The lowest BCUT2D eigenvalue weighted by Crippen LogP contribution is -2.20. The molecule has 2 aromatic carbocycles. The van der Waals surface area contributed by atoms with E-state index in [1.54, 1.807) is 0 Å². The maximum Gasteiger partial charge on any atom is 0.418 e. The molecule has 0 saturated carbocycles. The Labute approximate surface area is 159 Å². The highest BCUT2D eigenvalue weighted by Gasteiger charge is 2.33. The first-order valence-electron chi connectivity index (χ1n) is 7.84. The molecule has 6 nitrogen and oxygen atoms in total. The number of fused-ring (bicyclic) bond motifs is 1. The van der Waals surface area contributed by atoms with E-state index in [4.69, 9.17) is 9.29 Å². The number of hydrogen-bond donors (Lipinski definition) is 2. The highest BCUT2D eigenvalue weighted by Crippen LogP contribution is 2.36. The summed E-state index contributed by atoms with van der Waals surface area (Å²) in [5.41, 5.74) is -0.775. The van der Waals surface area contributed by atoms with E-state index in [1.165, 1.54) is 48.7 Å². The monoisotopic (exact) mass is 410 g/mol. The number of rotatable bonds is 5.